The van der Waals surface area contributed by atoms with Gasteiger partial charge in [0, 0.05) is 18.9 Å². The number of carbonyl (C=O) groups is 1. The van der Waals surface area contributed by atoms with Crippen LogP contribution in [-0.4, -0.2) is 26.4 Å². The van der Waals surface area contributed by atoms with Gasteiger partial charge in [-0.1, -0.05) is 72.4 Å². The normalized spacial score (nSPS) is 11.0. The summed E-state index contributed by atoms with van der Waals surface area (Å²) >= 11 is 1.30. The lowest BCUT2D eigenvalue weighted by molar-refractivity contribution is -0.118. The fourth-order valence-corrected chi connectivity index (χ4v) is 4.28. The van der Waals surface area contributed by atoms with Gasteiger partial charge in [0.15, 0.2) is 5.58 Å². The lowest BCUT2D eigenvalue weighted by Crippen LogP contribution is -2.24. The molecule has 1 N–H and O–H groups in total. The van der Waals surface area contributed by atoms with E-state index in [-0.39, 0.29) is 11.7 Å². The Bertz CT molecular complexity index is 1330. The van der Waals surface area contributed by atoms with Crippen LogP contribution in [0.2, 0.25) is 0 Å². The van der Waals surface area contributed by atoms with Gasteiger partial charge in [-0.25, -0.2) is 4.98 Å². The number of nitrogens with one attached hydrogen (secondary N) is 1. The van der Waals surface area contributed by atoms with Crippen LogP contribution in [0.1, 0.15) is 11.1 Å². The van der Waals surface area contributed by atoms with Crippen LogP contribution < -0.4 is 5.32 Å². The Morgan fingerprint density at radius 1 is 0.970 bits per heavy atom. The maximum atomic E-state index is 12.4. The molecule has 1 amide bonds. The molecule has 0 saturated heterocycles. The monoisotopic (exact) mass is 454 g/mol. The third kappa shape index (κ3) is 5.15. The lowest BCUT2D eigenvalue weighted by Gasteiger charge is -2.11. The van der Waals surface area contributed by atoms with E-state index in [4.69, 9.17) is 4.42 Å². The van der Waals surface area contributed by atoms with Gasteiger partial charge >= 0.3 is 0 Å². The number of carbonyl (C=O) groups excluding carboxylic acids is 1. The highest BCUT2D eigenvalue weighted by molar-refractivity contribution is 7.99. The third-order valence-electron chi connectivity index (χ3n) is 5.26. The minimum Gasteiger partial charge on any atom is -0.431 e. The third-order valence-corrected chi connectivity index (χ3v) is 6.09. The quantitative estimate of drug-likeness (QED) is 0.328. The Kier molecular flexibility index (Phi) is 6.21. The Balaban J connectivity index is 1.20. The number of hydrogen-bond donors (Lipinski definition) is 1. The van der Waals surface area contributed by atoms with Crippen molar-refractivity contribution in [3.63, 3.8) is 0 Å². The van der Waals surface area contributed by atoms with Crippen molar-refractivity contribution in [2.75, 3.05) is 5.75 Å². The summed E-state index contributed by atoms with van der Waals surface area (Å²) in [7, 11) is 0. The van der Waals surface area contributed by atoms with Crippen LogP contribution in [0.15, 0.2) is 101 Å². The number of aromatic nitrogens is 3. The molecule has 0 aliphatic carbocycles. The van der Waals surface area contributed by atoms with Crippen LogP contribution in [0.25, 0.3) is 22.2 Å². The summed E-state index contributed by atoms with van der Waals surface area (Å²) in [6.45, 7) is 1.20. The molecule has 3 aromatic carbocycles. The number of fused-ring (bicyclic) bond motifs is 1. The Morgan fingerprint density at radius 2 is 1.79 bits per heavy atom. The van der Waals surface area contributed by atoms with Crippen molar-refractivity contribution in [2.45, 2.75) is 18.3 Å². The standard InChI is InChI=1S/C26H22N4O2S/c31-25(18-33-26-29-23-8-3-4-9-24(23)32-26)27-16-21-6-1-2-7-22(21)20-12-10-19(11-13-20)17-30-15-5-14-28-30/h1-15H,16-18H2,(H,27,31). The van der Waals surface area contributed by atoms with Crippen LogP contribution >= 0.6 is 11.8 Å². The Hall–Kier alpha value is -3.84. The summed E-state index contributed by atoms with van der Waals surface area (Å²) in [6, 6.07) is 26.1. The van der Waals surface area contributed by atoms with E-state index in [1.54, 1.807) is 6.20 Å². The number of para-hydroxylation sites is 2. The van der Waals surface area contributed by atoms with Crippen LogP contribution in [0, 0.1) is 0 Å². The molecule has 0 fully saturated rings. The molecule has 164 valence electrons. The van der Waals surface area contributed by atoms with E-state index in [0.717, 1.165) is 34.3 Å². The largest absolute Gasteiger partial charge is 0.431 e. The first-order valence-electron chi connectivity index (χ1n) is 10.6. The molecule has 33 heavy (non-hydrogen) atoms. The summed E-state index contributed by atoms with van der Waals surface area (Å²) in [4.78, 5) is 16.8. The number of oxazole rings is 1. The van der Waals surface area contributed by atoms with Crippen LogP contribution in [0.3, 0.4) is 0 Å². The second-order valence-electron chi connectivity index (χ2n) is 7.57. The number of benzene rings is 3. The molecule has 0 aliphatic rings. The molecule has 0 radical (unpaired) electrons. The highest BCUT2D eigenvalue weighted by Crippen LogP contribution is 2.25. The van der Waals surface area contributed by atoms with E-state index in [9.17, 15) is 4.79 Å². The van der Waals surface area contributed by atoms with Crippen molar-refractivity contribution in [3.8, 4) is 11.1 Å². The highest BCUT2D eigenvalue weighted by atomic mass is 32.2. The molecule has 0 unspecified atom stereocenters. The molecule has 0 aliphatic heterocycles. The van der Waals surface area contributed by atoms with Gasteiger partial charge in [0.1, 0.15) is 5.52 Å². The molecular weight excluding hydrogens is 432 g/mol. The molecule has 6 nitrogen and oxygen atoms in total. The predicted molar refractivity (Wildman–Crippen MR) is 130 cm³/mol. The van der Waals surface area contributed by atoms with Crippen molar-refractivity contribution in [1.29, 1.82) is 0 Å². The summed E-state index contributed by atoms with van der Waals surface area (Å²) in [5, 5.41) is 7.77. The zero-order valence-electron chi connectivity index (χ0n) is 17.8. The Morgan fingerprint density at radius 3 is 2.61 bits per heavy atom. The second kappa shape index (κ2) is 9.75. The van der Waals surface area contributed by atoms with Crippen LogP contribution in [0.4, 0.5) is 0 Å². The minimum absolute atomic E-state index is 0.0633. The van der Waals surface area contributed by atoms with E-state index in [1.165, 1.54) is 17.3 Å². The van der Waals surface area contributed by atoms with Crippen LogP contribution in [0.5, 0.6) is 0 Å². The maximum absolute atomic E-state index is 12.4. The first kappa shape index (κ1) is 21.0. The number of amides is 1. The molecule has 5 rings (SSSR count). The number of thioether (sulfide) groups is 1. The van der Waals surface area contributed by atoms with Gasteiger partial charge in [-0.05, 0) is 40.5 Å². The molecule has 5 aromatic rings. The summed E-state index contributed by atoms with van der Waals surface area (Å²) < 4.78 is 7.57. The maximum Gasteiger partial charge on any atom is 0.257 e. The van der Waals surface area contributed by atoms with Gasteiger partial charge in [-0.3, -0.25) is 9.48 Å². The molecule has 2 heterocycles. The molecule has 2 aromatic heterocycles. The molecule has 0 bridgehead atoms. The van der Waals surface area contributed by atoms with Gasteiger partial charge in [0.2, 0.25) is 5.91 Å². The first-order valence-corrected chi connectivity index (χ1v) is 11.6. The fraction of sp³-hybridized carbons (Fsp3) is 0.115. The fourth-order valence-electron chi connectivity index (χ4n) is 3.61. The van der Waals surface area contributed by atoms with Gasteiger partial charge in [0.25, 0.3) is 5.22 Å². The van der Waals surface area contributed by atoms with Gasteiger partial charge in [0.05, 0.1) is 12.3 Å². The predicted octanol–water partition coefficient (Wildman–Crippen LogP) is 5.15. The molecular formula is C26H22N4O2S. The Labute approximate surface area is 195 Å². The first-order chi connectivity index (χ1) is 16.2. The van der Waals surface area contributed by atoms with Gasteiger partial charge < -0.3 is 9.73 Å². The van der Waals surface area contributed by atoms with E-state index < -0.39 is 0 Å². The van der Waals surface area contributed by atoms with Crippen molar-refractivity contribution < 1.29 is 9.21 Å². The molecule has 7 heteroatoms. The van der Waals surface area contributed by atoms with E-state index in [2.05, 4.69) is 45.7 Å². The molecule has 0 spiro atoms. The van der Waals surface area contributed by atoms with E-state index in [0.29, 0.717) is 11.8 Å². The van der Waals surface area contributed by atoms with Crippen molar-refractivity contribution in [3.05, 3.63) is 102 Å². The van der Waals surface area contributed by atoms with Crippen molar-refractivity contribution in [1.82, 2.24) is 20.1 Å². The highest BCUT2D eigenvalue weighted by Gasteiger charge is 2.11. The van der Waals surface area contributed by atoms with Gasteiger partial charge in [-0.2, -0.15) is 5.10 Å². The number of nitrogens with zero attached hydrogens (tertiary/aromatic N) is 3. The second-order valence-corrected chi connectivity index (χ2v) is 8.50. The number of rotatable bonds is 8. The van der Waals surface area contributed by atoms with Crippen molar-refractivity contribution >= 4 is 28.8 Å². The smallest absolute Gasteiger partial charge is 0.257 e. The van der Waals surface area contributed by atoms with E-state index >= 15 is 0 Å². The topological polar surface area (TPSA) is 73.0 Å². The van der Waals surface area contributed by atoms with E-state index in [1.807, 2.05) is 59.4 Å². The molecule has 0 atom stereocenters. The summed E-state index contributed by atoms with van der Waals surface area (Å²) in [5.41, 5.74) is 6.00. The van der Waals surface area contributed by atoms with Gasteiger partial charge in [-0.15, -0.1) is 0 Å². The molecule has 0 saturated carbocycles. The average molecular weight is 455 g/mol. The lowest BCUT2D eigenvalue weighted by atomic mass is 9.98. The average Bonchev–Trinajstić information content (AvgIpc) is 3.51. The SMILES string of the molecule is O=C(CSc1nc2ccccc2o1)NCc1ccccc1-c1ccc(Cn2cccn2)cc1. The zero-order chi connectivity index (χ0) is 22.5. The summed E-state index contributed by atoms with van der Waals surface area (Å²) in [6.07, 6.45) is 3.74. The minimum atomic E-state index is -0.0633. The number of hydrogen-bond acceptors (Lipinski definition) is 5. The van der Waals surface area contributed by atoms with Crippen LogP contribution in [-0.2, 0) is 17.9 Å². The van der Waals surface area contributed by atoms with Crippen molar-refractivity contribution in [2.24, 2.45) is 0 Å². The zero-order valence-corrected chi connectivity index (χ0v) is 18.7. The summed E-state index contributed by atoms with van der Waals surface area (Å²) in [5.74, 6) is 0.184.